The van der Waals surface area contributed by atoms with Crippen molar-refractivity contribution in [3.63, 3.8) is 0 Å². The third-order valence-electron chi connectivity index (χ3n) is 2.07. The molecule has 0 aromatic heterocycles. The van der Waals surface area contributed by atoms with Crippen molar-refractivity contribution in [1.82, 2.24) is 0 Å². The van der Waals surface area contributed by atoms with Crippen LogP contribution < -0.4 is 0 Å². The first-order valence-corrected chi connectivity index (χ1v) is 6.62. The van der Waals surface area contributed by atoms with Crippen LogP contribution in [0.15, 0.2) is 0 Å². The molecule has 74 valence electrons. The van der Waals surface area contributed by atoms with Crippen LogP contribution in [0, 0.1) is 5.92 Å². The second-order valence-electron chi connectivity index (χ2n) is 4.19. The van der Waals surface area contributed by atoms with Crippen LogP contribution in [-0.2, 0) is 0 Å². The van der Waals surface area contributed by atoms with Gasteiger partial charge in [0.25, 0.3) is 0 Å². The maximum atomic E-state index is 3.66. The van der Waals surface area contributed by atoms with Crippen LogP contribution in [-0.4, -0.2) is 9.65 Å². The normalized spacial score (nSPS) is 14.8. The zero-order valence-corrected chi connectivity index (χ0v) is 11.5. The van der Waals surface area contributed by atoms with E-state index in [9.17, 15) is 0 Å². The molecule has 0 aromatic carbocycles. The fourth-order valence-corrected chi connectivity index (χ4v) is 2.26. The summed E-state index contributed by atoms with van der Waals surface area (Å²) in [6.45, 7) is 6.81. The molecule has 12 heavy (non-hydrogen) atoms. The highest BCUT2D eigenvalue weighted by Gasteiger charge is 2.12. The van der Waals surface area contributed by atoms with Gasteiger partial charge in [0.1, 0.15) is 0 Å². The zero-order valence-electron chi connectivity index (χ0n) is 8.37. The minimum Gasteiger partial charge on any atom is -0.0928 e. The highest BCUT2D eigenvalue weighted by Crippen LogP contribution is 2.25. The van der Waals surface area contributed by atoms with Crippen molar-refractivity contribution >= 4 is 31.9 Å². The van der Waals surface area contributed by atoms with Gasteiger partial charge in [-0.25, -0.2) is 0 Å². The van der Waals surface area contributed by atoms with Crippen molar-refractivity contribution in [2.45, 2.75) is 50.8 Å². The van der Waals surface area contributed by atoms with Gasteiger partial charge in [-0.3, -0.25) is 0 Å². The summed E-state index contributed by atoms with van der Waals surface area (Å²) in [6, 6.07) is 0. The van der Waals surface area contributed by atoms with E-state index in [0.717, 1.165) is 11.2 Å². The number of alkyl halides is 2. The summed E-state index contributed by atoms with van der Waals surface area (Å²) in [5.74, 6) is 0.874. The summed E-state index contributed by atoms with van der Waals surface area (Å²) in [4.78, 5) is 0. The average molecular weight is 300 g/mol. The van der Waals surface area contributed by atoms with Gasteiger partial charge in [0.2, 0.25) is 0 Å². The van der Waals surface area contributed by atoms with E-state index >= 15 is 0 Å². The molecule has 1 atom stereocenters. The molecule has 2 heteroatoms. The highest BCUT2D eigenvalue weighted by atomic mass is 79.9. The quantitative estimate of drug-likeness (QED) is 0.621. The molecular weight excluding hydrogens is 280 g/mol. The van der Waals surface area contributed by atoms with Crippen LogP contribution in [0.25, 0.3) is 0 Å². The third kappa shape index (κ3) is 9.05. The van der Waals surface area contributed by atoms with Crippen molar-refractivity contribution in [3.8, 4) is 0 Å². The smallest absolute Gasteiger partial charge is 0.0201 e. The molecular formula is C10H20Br2. The molecule has 0 nitrogen and oxygen atoms in total. The van der Waals surface area contributed by atoms with E-state index in [1.807, 2.05) is 0 Å². The van der Waals surface area contributed by atoms with E-state index in [2.05, 4.69) is 52.6 Å². The molecule has 0 aliphatic heterocycles. The van der Waals surface area contributed by atoms with Gasteiger partial charge in [0, 0.05) is 9.65 Å². The first kappa shape index (κ1) is 13.0. The van der Waals surface area contributed by atoms with Crippen molar-refractivity contribution < 1.29 is 0 Å². The van der Waals surface area contributed by atoms with Gasteiger partial charge in [-0.15, -0.1) is 0 Å². The van der Waals surface area contributed by atoms with Gasteiger partial charge in [0.15, 0.2) is 0 Å². The molecule has 0 bridgehead atoms. The maximum absolute atomic E-state index is 3.66. The van der Waals surface area contributed by atoms with Crippen molar-refractivity contribution in [2.75, 3.05) is 5.33 Å². The van der Waals surface area contributed by atoms with Crippen LogP contribution in [0.3, 0.4) is 0 Å². The van der Waals surface area contributed by atoms with Gasteiger partial charge in [0.05, 0.1) is 0 Å². The Bertz CT molecular complexity index is 105. The molecule has 0 saturated carbocycles. The molecule has 0 heterocycles. The number of halogens is 2. The molecule has 0 N–H and O–H groups in total. The van der Waals surface area contributed by atoms with Gasteiger partial charge >= 0.3 is 0 Å². The Hall–Kier alpha value is 0.960. The predicted octanol–water partition coefficient (Wildman–Crippen LogP) is 4.75. The van der Waals surface area contributed by atoms with Crippen molar-refractivity contribution in [3.05, 3.63) is 0 Å². The topological polar surface area (TPSA) is 0 Å². The number of hydrogen-bond acceptors (Lipinski definition) is 0. The van der Waals surface area contributed by atoms with Gasteiger partial charge in [-0.05, 0) is 18.8 Å². The molecule has 0 fully saturated rings. The monoisotopic (exact) mass is 298 g/mol. The third-order valence-corrected chi connectivity index (χ3v) is 2.92. The number of hydrogen-bond donors (Lipinski definition) is 0. The van der Waals surface area contributed by atoms with Crippen molar-refractivity contribution in [2.24, 2.45) is 5.92 Å². The summed E-state index contributed by atoms with van der Waals surface area (Å²) < 4.78 is 0.334. The standard InChI is InChI=1S/C10H20Br2/c1-9(6-8-11)5-4-7-10(2,3)12/h9H,4-8H2,1-3H3. The van der Waals surface area contributed by atoms with E-state index in [0.29, 0.717) is 4.32 Å². The second kappa shape index (κ2) is 6.42. The maximum Gasteiger partial charge on any atom is 0.0201 e. The fraction of sp³-hybridized carbons (Fsp3) is 1.00. The minimum absolute atomic E-state index is 0.334. The van der Waals surface area contributed by atoms with Gasteiger partial charge in [-0.1, -0.05) is 65.5 Å². The van der Waals surface area contributed by atoms with E-state index in [1.54, 1.807) is 0 Å². The molecule has 0 aliphatic rings. The molecule has 0 saturated heterocycles. The molecule has 0 radical (unpaired) electrons. The first-order valence-electron chi connectivity index (χ1n) is 4.70. The molecule has 1 unspecified atom stereocenters. The average Bonchev–Trinajstić information content (AvgIpc) is 1.84. The van der Waals surface area contributed by atoms with E-state index < -0.39 is 0 Å². The van der Waals surface area contributed by atoms with Crippen LogP contribution in [0.2, 0.25) is 0 Å². The zero-order chi connectivity index (χ0) is 9.61. The van der Waals surface area contributed by atoms with Crippen LogP contribution in [0.1, 0.15) is 46.5 Å². The Kier molecular flexibility index (Phi) is 6.93. The van der Waals surface area contributed by atoms with Gasteiger partial charge in [-0.2, -0.15) is 0 Å². The van der Waals surface area contributed by atoms with E-state index in [-0.39, 0.29) is 0 Å². The lowest BCUT2D eigenvalue weighted by molar-refractivity contribution is 0.469. The SMILES string of the molecule is CC(CCBr)CCCC(C)(C)Br. The van der Waals surface area contributed by atoms with Gasteiger partial charge < -0.3 is 0 Å². The summed E-state index contributed by atoms with van der Waals surface area (Å²) in [7, 11) is 0. The Morgan fingerprint density at radius 1 is 1.25 bits per heavy atom. The molecule has 0 aromatic rings. The van der Waals surface area contributed by atoms with Crippen molar-refractivity contribution in [1.29, 1.82) is 0 Å². The lowest BCUT2D eigenvalue weighted by Gasteiger charge is -2.17. The molecule has 0 spiro atoms. The Balaban J connectivity index is 3.31. The molecule has 0 rings (SSSR count). The van der Waals surface area contributed by atoms with Crippen LogP contribution >= 0.6 is 31.9 Å². The molecule has 0 amide bonds. The first-order chi connectivity index (χ1) is 5.45. The highest BCUT2D eigenvalue weighted by molar-refractivity contribution is 9.10. The van der Waals surface area contributed by atoms with E-state index in [4.69, 9.17) is 0 Å². The largest absolute Gasteiger partial charge is 0.0928 e. The van der Waals surface area contributed by atoms with Crippen LogP contribution in [0.5, 0.6) is 0 Å². The summed E-state index contributed by atoms with van der Waals surface area (Å²) in [5.41, 5.74) is 0. The second-order valence-corrected chi connectivity index (χ2v) is 7.13. The van der Waals surface area contributed by atoms with Crippen LogP contribution in [0.4, 0.5) is 0 Å². The number of rotatable bonds is 6. The summed E-state index contributed by atoms with van der Waals surface area (Å²) >= 11 is 7.13. The lowest BCUT2D eigenvalue weighted by atomic mass is 9.98. The lowest BCUT2D eigenvalue weighted by Crippen LogP contribution is -2.09. The Morgan fingerprint density at radius 2 is 1.83 bits per heavy atom. The minimum atomic E-state index is 0.334. The summed E-state index contributed by atoms with van der Waals surface area (Å²) in [5, 5.41) is 1.14. The fourth-order valence-electron chi connectivity index (χ4n) is 1.20. The Labute approximate surface area is 93.8 Å². The Morgan fingerprint density at radius 3 is 2.25 bits per heavy atom. The predicted molar refractivity (Wildman–Crippen MR) is 64.4 cm³/mol. The molecule has 0 aliphatic carbocycles. The summed E-state index contributed by atoms with van der Waals surface area (Å²) in [6.07, 6.45) is 5.29. The van der Waals surface area contributed by atoms with E-state index in [1.165, 1.54) is 25.7 Å².